The number of benzene rings is 1. The largest absolute Gasteiger partial charge is 0.462 e. The number of esters is 1. The van der Waals surface area contributed by atoms with Gasteiger partial charge < -0.3 is 14.6 Å². The molecule has 1 amide bonds. The number of amides is 1. The summed E-state index contributed by atoms with van der Waals surface area (Å²) in [6.45, 7) is 5.80. The SMILES string of the molecule is CCOC(=O)c1ccc(NC(=O)CSCc2nc(Nc3nc(C)cc(C)n3)no2)cc1. The zero-order valence-electron chi connectivity index (χ0n) is 17.3. The van der Waals surface area contributed by atoms with Crippen LogP contribution in [0.4, 0.5) is 17.6 Å². The minimum absolute atomic E-state index is 0.185. The second-order valence-electron chi connectivity index (χ2n) is 6.45. The van der Waals surface area contributed by atoms with Gasteiger partial charge in [-0.3, -0.25) is 10.1 Å². The fourth-order valence-electron chi connectivity index (χ4n) is 2.58. The maximum absolute atomic E-state index is 12.1. The van der Waals surface area contributed by atoms with E-state index in [1.165, 1.54) is 11.8 Å². The van der Waals surface area contributed by atoms with Crippen molar-refractivity contribution in [2.75, 3.05) is 23.0 Å². The summed E-state index contributed by atoms with van der Waals surface area (Å²) >= 11 is 1.33. The van der Waals surface area contributed by atoms with E-state index >= 15 is 0 Å². The molecule has 3 rings (SSSR count). The molecule has 11 heteroatoms. The Morgan fingerprint density at radius 1 is 1.06 bits per heavy atom. The van der Waals surface area contributed by atoms with Crippen molar-refractivity contribution in [2.24, 2.45) is 0 Å². The highest BCUT2D eigenvalue weighted by molar-refractivity contribution is 7.99. The Bertz CT molecular complexity index is 1030. The minimum atomic E-state index is -0.395. The molecule has 0 aliphatic carbocycles. The van der Waals surface area contributed by atoms with Crippen LogP contribution in [0.15, 0.2) is 34.9 Å². The van der Waals surface area contributed by atoms with Gasteiger partial charge in [-0.05, 0) is 56.3 Å². The lowest BCUT2D eigenvalue weighted by atomic mass is 10.2. The average Bonchev–Trinajstić information content (AvgIpc) is 3.15. The summed E-state index contributed by atoms with van der Waals surface area (Å²) in [5, 5.41) is 9.51. The number of ether oxygens (including phenoxy) is 1. The Balaban J connectivity index is 1.44. The molecule has 2 N–H and O–H groups in total. The lowest BCUT2D eigenvalue weighted by Gasteiger charge is -2.06. The average molecular weight is 443 g/mol. The van der Waals surface area contributed by atoms with Gasteiger partial charge in [-0.15, -0.1) is 11.8 Å². The number of carbonyl (C=O) groups excluding carboxylic acids is 2. The number of thioether (sulfide) groups is 1. The first-order chi connectivity index (χ1) is 14.9. The maximum atomic E-state index is 12.1. The summed E-state index contributed by atoms with van der Waals surface area (Å²) < 4.78 is 10.1. The van der Waals surface area contributed by atoms with Gasteiger partial charge in [-0.2, -0.15) is 4.98 Å². The maximum Gasteiger partial charge on any atom is 0.338 e. The second-order valence-corrected chi connectivity index (χ2v) is 7.44. The second kappa shape index (κ2) is 10.5. The monoisotopic (exact) mass is 442 g/mol. The molecule has 0 bridgehead atoms. The lowest BCUT2D eigenvalue weighted by molar-refractivity contribution is -0.113. The Morgan fingerprint density at radius 3 is 2.45 bits per heavy atom. The number of anilines is 3. The molecule has 0 aliphatic heterocycles. The van der Waals surface area contributed by atoms with Crippen molar-refractivity contribution in [3.63, 3.8) is 0 Å². The quantitative estimate of drug-likeness (QED) is 0.476. The van der Waals surface area contributed by atoms with Gasteiger partial charge in [0.15, 0.2) is 0 Å². The number of nitrogens with zero attached hydrogens (tertiary/aromatic N) is 4. The van der Waals surface area contributed by atoms with Gasteiger partial charge in [0, 0.05) is 17.1 Å². The molecular formula is C20H22N6O4S. The number of rotatable bonds is 9. The third-order valence-electron chi connectivity index (χ3n) is 3.81. The first-order valence-electron chi connectivity index (χ1n) is 9.49. The summed E-state index contributed by atoms with van der Waals surface area (Å²) in [4.78, 5) is 36.5. The molecule has 162 valence electrons. The molecule has 0 unspecified atom stereocenters. The molecule has 0 spiro atoms. The van der Waals surface area contributed by atoms with Crippen molar-refractivity contribution in [2.45, 2.75) is 26.5 Å². The predicted octanol–water partition coefficient (Wildman–Crippen LogP) is 3.27. The Morgan fingerprint density at radius 2 is 1.77 bits per heavy atom. The van der Waals surface area contributed by atoms with Gasteiger partial charge >= 0.3 is 5.97 Å². The fraction of sp³-hybridized carbons (Fsp3) is 0.300. The third kappa shape index (κ3) is 6.78. The standard InChI is InChI=1S/C20H22N6O4S/c1-4-29-18(28)14-5-7-15(8-6-14)23-16(27)10-31-11-17-24-20(26-30-17)25-19-21-12(2)9-13(3)22-19/h5-9H,4,10-11H2,1-3H3,(H,23,27)(H,21,22,25,26). The van der Waals surface area contributed by atoms with Gasteiger partial charge in [0.2, 0.25) is 17.7 Å². The van der Waals surface area contributed by atoms with Crippen LogP contribution in [0.5, 0.6) is 0 Å². The van der Waals surface area contributed by atoms with E-state index in [1.807, 2.05) is 19.9 Å². The van der Waals surface area contributed by atoms with Crippen molar-refractivity contribution >= 4 is 41.2 Å². The van der Waals surface area contributed by atoms with Crippen LogP contribution in [0, 0.1) is 13.8 Å². The number of nitrogens with one attached hydrogen (secondary N) is 2. The minimum Gasteiger partial charge on any atom is -0.462 e. The van der Waals surface area contributed by atoms with E-state index in [2.05, 4.69) is 30.7 Å². The summed E-state index contributed by atoms with van der Waals surface area (Å²) in [5.41, 5.74) is 2.68. The van der Waals surface area contributed by atoms with E-state index in [9.17, 15) is 9.59 Å². The third-order valence-corrected chi connectivity index (χ3v) is 4.73. The Labute approximate surface area is 183 Å². The van der Waals surface area contributed by atoms with Crippen molar-refractivity contribution in [1.29, 1.82) is 0 Å². The van der Waals surface area contributed by atoms with Crippen LogP contribution in [0.1, 0.15) is 34.6 Å². The number of hydrogen-bond acceptors (Lipinski definition) is 10. The topological polar surface area (TPSA) is 132 Å². The van der Waals surface area contributed by atoms with E-state index in [0.717, 1.165) is 11.4 Å². The fourth-order valence-corrected chi connectivity index (χ4v) is 3.23. The molecular weight excluding hydrogens is 420 g/mol. The van der Waals surface area contributed by atoms with Crippen LogP contribution in [-0.2, 0) is 15.3 Å². The van der Waals surface area contributed by atoms with Crippen molar-refractivity contribution in [3.05, 3.63) is 53.2 Å². The predicted molar refractivity (Wildman–Crippen MR) is 116 cm³/mol. The van der Waals surface area contributed by atoms with Gasteiger partial charge in [0.1, 0.15) is 0 Å². The van der Waals surface area contributed by atoms with E-state index in [-0.39, 0.29) is 17.6 Å². The van der Waals surface area contributed by atoms with Gasteiger partial charge in [0.25, 0.3) is 5.95 Å². The van der Waals surface area contributed by atoms with Crippen LogP contribution in [-0.4, -0.2) is 44.3 Å². The van der Waals surface area contributed by atoms with Crippen molar-refractivity contribution < 1.29 is 18.8 Å². The van der Waals surface area contributed by atoms with Crippen LogP contribution in [0.25, 0.3) is 0 Å². The molecule has 2 aromatic heterocycles. The smallest absolute Gasteiger partial charge is 0.338 e. The zero-order chi connectivity index (χ0) is 22.2. The first-order valence-corrected chi connectivity index (χ1v) is 10.6. The summed E-state index contributed by atoms with van der Waals surface area (Å²) in [7, 11) is 0. The molecule has 1 aromatic carbocycles. The van der Waals surface area contributed by atoms with Gasteiger partial charge in [-0.25, -0.2) is 14.8 Å². The highest BCUT2D eigenvalue weighted by Crippen LogP contribution is 2.16. The number of aryl methyl sites for hydroxylation is 2. The Hall–Kier alpha value is -3.47. The van der Waals surface area contributed by atoms with E-state index < -0.39 is 5.97 Å². The van der Waals surface area contributed by atoms with Crippen molar-refractivity contribution in [1.82, 2.24) is 20.1 Å². The Kier molecular flexibility index (Phi) is 7.55. The molecule has 31 heavy (non-hydrogen) atoms. The highest BCUT2D eigenvalue weighted by Gasteiger charge is 2.11. The summed E-state index contributed by atoms with van der Waals surface area (Å²) in [5.74, 6) is 1.02. The first kappa shape index (κ1) is 22.2. The van der Waals surface area contributed by atoms with E-state index in [1.54, 1.807) is 31.2 Å². The molecule has 0 atom stereocenters. The highest BCUT2D eigenvalue weighted by atomic mass is 32.2. The molecule has 2 heterocycles. The number of carbonyl (C=O) groups is 2. The van der Waals surface area contributed by atoms with E-state index in [4.69, 9.17) is 9.26 Å². The van der Waals surface area contributed by atoms with Crippen LogP contribution >= 0.6 is 11.8 Å². The molecule has 0 saturated carbocycles. The molecule has 0 aliphatic rings. The molecule has 0 fully saturated rings. The molecule has 0 saturated heterocycles. The van der Waals surface area contributed by atoms with E-state index in [0.29, 0.717) is 35.4 Å². The number of aromatic nitrogens is 4. The van der Waals surface area contributed by atoms with Gasteiger partial charge in [0.05, 0.1) is 23.7 Å². The molecule has 0 radical (unpaired) electrons. The summed E-state index contributed by atoms with van der Waals surface area (Å²) in [6, 6.07) is 8.38. The zero-order valence-corrected chi connectivity index (χ0v) is 18.2. The van der Waals surface area contributed by atoms with Crippen LogP contribution in [0.3, 0.4) is 0 Å². The van der Waals surface area contributed by atoms with Crippen LogP contribution in [0.2, 0.25) is 0 Å². The lowest BCUT2D eigenvalue weighted by Crippen LogP contribution is -2.14. The normalized spacial score (nSPS) is 10.5. The molecule has 10 nitrogen and oxygen atoms in total. The number of hydrogen-bond donors (Lipinski definition) is 2. The molecule has 3 aromatic rings. The van der Waals surface area contributed by atoms with Gasteiger partial charge in [-0.1, -0.05) is 0 Å². The van der Waals surface area contributed by atoms with Crippen molar-refractivity contribution in [3.8, 4) is 0 Å². The summed E-state index contributed by atoms with van der Waals surface area (Å²) in [6.07, 6.45) is 0. The van der Waals surface area contributed by atoms with Crippen LogP contribution < -0.4 is 10.6 Å².